The lowest BCUT2D eigenvalue weighted by Crippen LogP contribution is -2.34. The Morgan fingerprint density at radius 2 is 1.79 bits per heavy atom. The summed E-state index contributed by atoms with van der Waals surface area (Å²) in [6.45, 7) is 6.24. The molecular formula is C12H19NS. The van der Waals surface area contributed by atoms with Gasteiger partial charge in [-0.25, -0.2) is 0 Å². The molecule has 14 heavy (non-hydrogen) atoms. The van der Waals surface area contributed by atoms with Crippen molar-refractivity contribution in [3.63, 3.8) is 0 Å². The first kappa shape index (κ1) is 11.6. The SMILES string of the molecule is Cc1ccc(CSCC(C)(C)N)cc1. The highest BCUT2D eigenvalue weighted by atomic mass is 32.2. The second kappa shape index (κ2) is 4.85. The predicted molar refractivity (Wildman–Crippen MR) is 65.6 cm³/mol. The predicted octanol–water partition coefficient (Wildman–Crippen LogP) is 2.97. The molecule has 0 radical (unpaired) electrons. The summed E-state index contributed by atoms with van der Waals surface area (Å²) in [5.74, 6) is 2.06. The van der Waals surface area contributed by atoms with Gasteiger partial charge in [-0.1, -0.05) is 29.8 Å². The van der Waals surface area contributed by atoms with Gasteiger partial charge in [-0.05, 0) is 26.3 Å². The fourth-order valence-corrected chi connectivity index (χ4v) is 2.17. The topological polar surface area (TPSA) is 26.0 Å². The highest BCUT2D eigenvalue weighted by Gasteiger charge is 2.09. The van der Waals surface area contributed by atoms with E-state index in [-0.39, 0.29) is 5.54 Å². The Bertz CT molecular complexity index is 271. The van der Waals surface area contributed by atoms with Crippen LogP contribution in [0.4, 0.5) is 0 Å². The zero-order chi connectivity index (χ0) is 10.6. The van der Waals surface area contributed by atoms with E-state index in [1.165, 1.54) is 11.1 Å². The molecular weight excluding hydrogens is 190 g/mol. The second-order valence-corrected chi connectivity index (χ2v) is 5.45. The van der Waals surface area contributed by atoms with Crippen LogP contribution in [0.5, 0.6) is 0 Å². The van der Waals surface area contributed by atoms with Gasteiger partial charge in [0.1, 0.15) is 0 Å². The summed E-state index contributed by atoms with van der Waals surface area (Å²) in [5.41, 5.74) is 8.54. The van der Waals surface area contributed by atoms with Crippen LogP contribution in [0.3, 0.4) is 0 Å². The fourth-order valence-electron chi connectivity index (χ4n) is 1.12. The second-order valence-electron chi connectivity index (χ2n) is 4.47. The first-order chi connectivity index (χ1) is 6.47. The highest BCUT2D eigenvalue weighted by molar-refractivity contribution is 7.98. The van der Waals surface area contributed by atoms with Crippen molar-refractivity contribution in [3.05, 3.63) is 35.4 Å². The summed E-state index contributed by atoms with van der Waals surface area (Å²) in [4.78, 5) is 0. The zero-order valence-corrected chi connectivity index (χ0v) is 10.0. The van der Waals surface area contributed by atoms with Crippen molar-refractivity contribution in [2.24, 2.45) is 5.73 Å². The summed E-state index contributed by atoms with van der Waals surface area (Å²) in [7, 11) is 0. The van der Waals surface area contributed by atoms with Crippen LogP contribution in [0.1, 0.15) is 25.0 Å². The number of rotatable bonds is 4. The van der Waals surface area contributed by atoms with Crippen LogP contribution in [-0.4, -0.2) is 11.3 Å². The van der Waals surface area contributed by atoms with E-state index in [0.717, 1.165) is 11.5 Å². The molecule has 1 aromatic rings. The van der Waals surface area contributed by atoms with Crippen LogP contribution in [0.15, 0.2) is 24.3 Å². The number of nitrogens with two attached hydrogens (primary N) is 1. The van der Waals surface area contributed by atoms with Crippen molar-refractivity contribution in [2.75, 3.05) is 5.75 Å². The normalized spacial score (nSPS) is 11.7. The van der Waals surface area contributed by atoms with Gasteiger partial charge in [-0.2, -0.15) is 11.8 Å². The first-order valence-electron chi connectivity index (χ1n) is 4.89. The number of hydrogen-bond acceptors (Lipinski definition) is 2. The smallest absolute Gasteiger partial charge is 0.0188 e. The molecule has 1 rings (SSSR count). The van der Waals surface area contributed by atoms with Crippen LogP contribution in [0, 0.1) is 6.92 Å². The van der Waals surface area contributed by atoms with Crippen molar-refractivity contribution < 1.29 is 0 Å². The molecule has 1 aromatic carbocycles. The average molecular weight is 209 g/mol. The maximum absolute atomic E-state index is 5.90. The number of thioether (sulfide) groups is 1. The van der Waals surface area contributed by atoms with E-state index in [1.807, 2.05) is 11.8 Å². The molecule has 0 aliphatic rings. The van der Waals surface area contributed by atoms with E-state index in [2.05, 4.69) is 45.0 Å². The minimum atomic E-state index is -0.0602. The molecule has 0 fully saturated rings. The minimum absolute atomic E-state index is 0.0602. The van der Waals surface area contributed by atoms with Crippen LogP contribution >= 0.6 is 11.8 Å². The monoisotopic (exact) mass is 209 g/mol. The van der Waals surface area contributed by atoms with E-state index in [1.54, 1.807) is 0 Å². The highest BCUT2D eigenvalue weighted by Crippen LogP contribution is 2.16. The molecule has 0 unspecified atom stereocenters. The molecule has 2 heteroatoms. The quantitative estimate of drug-likeness (QED) is 0.825. The maximum Gasteiger partial charge on any atom is 0.0188 e. The van der Waals surface area contributed by atoms with Crippen molar-refractivity contribution >= 4 is 11.8 Å². The Morgan fingerprint density at radius 3 is 2.29 bits per heavy atom. The van der Waals surface area contributed by atoms with Crippen LogP contribution < -0.4 is 5.73 Å². The molecule has 0 aromatic heterocycles. The molecule has 0 heterocycles. The third-order valence-corrected chi connectivity index (χ3v) is 3.35. The van der Waals surface area contributed by atoms with Crippen molar-refractivity contribution in [1.29, 1.82) is 0 Å². The Balaban J connectivity index is 2.35. The van der Waals surface area contributed by atoms with Crippen molar-refractivity contribution in [2.45, 2.75) is 32.1 Å². The summed E-state index contributed by atoms with van der Waals surface area (Å²) in [5, 5.41) is 0. The molecule has 0 saturated carbocycles. The van der Waals surface area contributed by atoms with Crippen molar-refractivity contribution in [3.8, 4) is 0 Å². The Kier molecular flexibility index (Phi) is 4.02. The molecule has 1 nitrogen and oxygen atoms in total. The zero-order valence-electron chi connectivity index (χ0n) is 9.21. The van der Waals surface area contributed by atoms with Crippen molar-refractivity contribution in [1.82, 2.24) is 0 Å². The number of aryl methyl sites for hydroxylation is 1. The molecule has 0 atom stereocenters. The van der Waals surface area contributed by atoms with Gasteiger partial charge in [0.2, 0.25) is 0 Å². The van der Waals surface area contributed by atoms with Gasteiger partial charge in [0.15, 0.2) is 0 Å². The van der Waals surface area contributed by atoms with Crippen LogP contribution in [0.2, 0.25) is 0 Å². The number of benzene rings is 1. The van der Waals surface area contributed by atoms with E-state index >= 15 is 0 Å². The van der Waals surface area contributed by atoms with Gasteiger partial charge in [-0.3, -0.25) is 0 Å². The Labute approximate surface area is 91.1 Å². The molecule has 0 amide bonds. The molecule has 0 bridgehead atoms. The van der Waals surface area contributed by atoms with E-state index in [9.17, 15) is 0 Å². The summed E-state index contributed by atoms with van der Waals surface area (Å²) >= 11 is 1.89. The Morgan fingerprint density at radius 1 is 1.21 bits per heavy atom. The standard InChI is InChI=1S/C12H19NS/c1-10-4-6-11(7-5-10)8-14-9-12(2,3)13/h4-7H,8-9,13H2,1-3H3. The lowest BCUT2D eigenvalue weighted by molar-refractivity contribution is 0.591. The largest absolute Gasteiger partial charge is 0.325 e. The lowest BCUT2D eigenvalue weighted by Gasteiger charge is -2.17. The molecule has 0 spiro atoms. The third-order valence-electron chi connectivity index (χ3n) is 1.86. The van der Waals surface area contributed by atoms with E-state index in [0.29, 0.717) is 0 Å². The first-order valence-corrected chi connectivity index (χ1v) is 6.05. The summed E-state index contributed by atoms with van der Waals surface area (Å²) in [6, 6.07) is 8.69. The van der Waals surface area contributed by atoms with Gasteiger partial charge in [0, 0.05) is 17.0 Å². The Hall–Kier alpha value is -0.470. The van der Waals surface area contributed by atoms with E-state index < -0.39 is 0 Å². The van der Waals surface area contributed by atoms with Gasteiger partial charge >= 0.3 is 0 Å². The molecule has 0 saturated heterocycles. The van der Waals surface area contributed by atoms with Gasteiger partial charge in [0.05, 0.1) is 0 Å². The average Bonchev–Trinajstić information content (AvgIpc) is 2.06. The number of hydrogen-bond donors (Lipinski definition) is 1. The summed E-state index contributed by atoms with van der Waals surface area (Å²) in [6.07, 6.45) is 0. The van der Waals surface area contributed by atoms with Gasteiger partial charge < -0.3 is 5.73 Å². The molecule has 0 aliphatic carbocycles. The van der Waals surface area contributed by atoms with Crippen LogP contribution in [0.25, 0.3) is 0 Å². The maximum atomic E-state index is 5.90. The van der Waals surface area contributed by atoms with Crippen LogP contribution in [-0.2, 0) is 5.75 Å². The van der Waals surface area contributed by atoms with Gasteiger partial charge in [0.25, 0.3) is 0 Å². The molecule has 0 aliphatic heterocycles. The molecule has 2 N–H and O–H groups in total. The third kappa shape index (κ3) is 4.68. The van der Waals surface area contributed by atoms with E-state index in [4.69, 9.17) is 5.73 Å². The lowest BCUT2D eigenvalue weighted by atomic mass is 10.1. The molecule has 78 valence electrons. The minimum Gasteiger partial charge on any atom is -0.325 e. The summed E-state index contributed by atoms with van der Waals surface area (Å²) < 4.78 is 0. The fraction of sp³-hybridized carbons (Fsp3) is 0.500. The van der Waals surface area contributed by atoms with Gasteiger partial charge in [-0.15, -0.1) is 0 Å².